The van der Waals surface area contributed by atoms with E-state index >= 15 is 0 Å². The van der Waals surface area contributed by atoms with E-state index in [1.165, 1.54) is 4.90 Å². The normalized spacial score (nSPS) is 17.5. The summed E-state index contributed by atoms with van der Waals surface area (Å²) in [7, 11) is 1.57. The Hall–Kier alpha value is -4.06. The SMILES string of the molecule is COc1ccc(C2/C(=C(/O)c3ccc(OC(C)C)cc3)C(=O)C(=O)N2c2ccccc2)cc1. The third kappa shape index (κ3) is 4.32. The molecule has 1 atom stereocenters. The molecule has 0 radical (unpaired) electrons. The molecule has 3 aromatic rings. The highest BCUT2D eigenvalue weighted by atomic mass is 16.5. The fourth-order valence-corrected chi connectivity index (χ4v) is 3.91. The zero-order chi connectivity index (χ0) is 23.5. The zero-order valence-corrected chi connectivity index (χ0v) is 18.7. The summed E-state index contributed by atoms with van der Waals surface area (Å²) >= 11 is 0. The van der Waals surface area contributed by atoms with Gasteiger partial charge in [-0.05, 0) is 67.9 Å². The van der Waals surface area contributed by atoms with Crippen molar-refractivity contribution in [3.8, 4) is 11.5 Å². The van der Waals surface area contributed by atoms with E-state index in [4.69, 9.17) is 9.47 Å². The third-order valence-electron chi connectivity index (χ3n) is 5.41. The Bertz CT molecular complexity index is 1180. The van der Waals surface area contributed by atoms with Gasteiger partial charge in [0.15, 0.2) is 0 Å². The number of ketones is 1. The number of aliphatic hydroxyl groups excluding tert-OH is 1. The number of Topliss-reactive ketones (excluding diaryl/α,β-unsaturated/α-hetero) is 1. The molecule has 1 fully saturated rings. The van der Waals surface area contributed by atoms with Gasteiger partial charge in [0.25, 0.3) is 11.7 Å². The first-order chi connectivity index (χ1) is 15.9. The van der Waals surface area contributed by atoms with Crippen molar-refractivity contribution in [3.05, 3.63) is 95.6 Å². The van der Waals surface area contributed by atoms with E-state index in [-0.39, 0.29) is 17.4 Å². The monoisotopic (exact) mass is 443 g/mol. The smallest absolute Gasteiger partial charge is 0.300 e. The number of hydrogen-bond donors (Lipinski definition) is 1. The zero-order valence-electron chi connectivity index (χ0n) is 18.7. The summed E-state index contributed by atoms with van der Waals surface area (Å²) < 4.78 is 10.9. The first-order valence-electron chi connectivity index (χ1n) is 10.7. The average molecular weight is 443 g/mol. The second-order valence-corrected chi connectivity index (χ2v) is 7.97. The summed E-state index contributed by atoms with van der Waals surface area (Å²) in [5.41, 5.74) is 1.71. The van der Waals surface area contributed by atoms with Gasteiger partial charge in [-0.15, -0.1) is 0 Å². The molecule has 3 aromatic carbocycles. The first kappa shape index (κ1) is 22.1. The molecule has 0 spiro atoms. The summed E-state index contributed by atoms with van der Waals surface area (Å²) in [5.74, 6) is -0.360. The minimum Gasteiger partial charge on any atom is -0.507 e. The third-order valence-corrected chi connectivity index (χ3v) is 5.41. The summed E-state index contributed by atoms with van der Waals surface area (Å²) in [6.45, 7) is 3.85. The Balaban J connectivity index is 1.85. The van der Waals surface area contributed by atoms with Crippen LogP contribution in [0, 0.1) is 0 Å². The van der Waals surface area contributed by atoms with Gasteiger partial charge in [0.2, 0.25) is 0 Å². The molecule has 33 heavy (non-hydrogen) atoms. The lowest BCUT2D eigenvalue weighted by Crippen LogP contribution is -2.29. The topological polar surface area (TPSA) is 76.1 Å². The van der Waals surface area contributed by atoms with Crippen LogP contribution in [0.5, 0.6) is 11.5 Å². The van der Waals surface area contributed by atoms with Crippen LogP contribution >= 0.6 is 0 Å². The number of amides is 1. The number of rotatable bonds is 6. The van der Waals surface area contributed by atoms with Crippen LogP contribution in [0.4, 0.5) is 5.69 Å². The number of carbonyl (C=O) groups is 2. The molecule has 1 aliphatic rings. The fraction of sp³-hybridized carbons (Fsp3) is 0.185. The second kappa shape index (κ2) is 9.20. The number of ether oxygens (including phenoxy) is 2. The number of benzene rings is 3. The van der Waals surface area contributed by atoms with E-state index in [0.29, 0.717) is 28.3 Å². The van der Waals surface area contributed by atoms with Gasteiger partial charge in [0.05, 0.1) is 24.8 Å². The number of carbonyl (C=O) groups excluding carboxylic acids is 2. The van der Waals surface area contributed by atoms with E-state index in [9.17, 15) is 14.7 Å². The second-order valence-electron chi connectivity index (χ2n) is 7.97. The lowest BCUT2D eigenvalue weighted by molar-refractivity contribution is -0.132. The molecule has 1 heterocycles. The maximum absolute atomic E-state index is 13.2. The van der Waals surface area contributed by atoms with Crippen LogP contribution in [0.25, 0.3) is 5.76 Å². The Labute approximate surface area is 192 Å². The average Bonchev–Trinajstić information content (AvgIpc) is 3.10. The molecule has 1 aliphatic heterocycles. The van der Waals surface area contributed by atoms with Crippen molar-refractivity contribution in [2.75, 3.05) is 12.0 Å². The predicted octanol–water partition coefficient (Wildman–Crippen LogP) is 5.11. The van der Waals surface area contributed by atoms with Crippen LogP contribution < -0.4 is 14.4 Å². The number of anilines is 1. The van der Waals surface area contributed by atoms with Crippen LogP contribution in [0.15, 0.2) is 84.4 Å². The van der Waals surface area contributed by atoms with Gasteiger partial charge in [-0.2, -0.15) is 0 Å². The van der Waals surface area contributed by atoms with E-state index in [1.54, 1.807) is 79.9 Å². The van der Waals surface area contributed by atoms with Gasteiger partial charge in [-0.1, -0.05) is 30.3 Å². The van der Waals surface area contributed by atoms with Gasteiger partial charge in [-0.25, -0.2) is 0 Å². The standard InChI is InChI=1S/C27H25NO5/c1-17(2)33-22-15-11-19(12-16-22)25(29)23-24(18-9-13-21(32-3)14-10-18)28(27(31)26(23)30)20-7-5-4-6-8-20/h4-17,24,29H,1-3H3/b25-23-. The van der Waals surface area contributed by atoms with Crippen molar-refractivity contribution >= 4 is 23.1 Å². The predicted molar refractivity (Wildman–Crippen MR) is 126 cm³/mol. The van der Waals surface area contributed by atoms with Crippen molar-refractivity contribution in [2.24, 2.45) is 0 Å². The molecule has 0 aromatic heterocycles. The molecule has 0 bridgehead atoms. The molecular weight excluding hydrogens is 418 g/mol. The van der Waals surface area contributed by atoms with E-state index in [2.05, 4.69) is 0 Å². The van der Waals surface area contributed by atoms with Crippen molar-refractivity contribution in [1.29, 1.82) is 0 Å². The van der Waals surface area contributed by atoms with Gasteiger partial charge < -0.3 is 14.6 Å². The van der Waals surface area contributed by atoms with Crippen LogP contribution in [0.2, 0.25) is 0 Å². The Morgan fingerprint density at radius 2 is 1.48 bits per heavy atom. The summed E-state index contributed by atoms with van der Waals surface area (Å²) in [6.07, 6.45) is 0.00992. The molecule has 6 nitrogen and oxygen atoms in total. The van der Waals surface area contributed by atoms with Gasteiger partial charge in [-0.3, -0.25) is 14.5 Å². The number of hydrogen-bond acceptors (Lipinski definition) is 5. The van der Waals surface area contributed by atoms with E-state index < -0.39 is 17.7 Å². The van der Waals surface area contributed by atoms with Crippen LogP contribution in [-0.4, -0.2) is 30.0 Å². The van der Waals surface area contributed by atoms with Crippen LogP contribution in [0.3, 0.4) is 0 Å². The molecule has 6 heteroatoms. The van der Waals surface area contributed by atoms with Crippen LogP contribution in [-0.2, 0) is 9.59 Å². The molecule has 168 valence electrons. The molecule has 4 rings (SSSR count). The highest BCUT2D eigenvalue weighted by molar-refractivity contribution is 6.51. The number of nitrogens with zero attached hydrogens (tertiary/aromatic N) is 1. The molecule has 1 saturated heterocycles. The van der Waals surface area contributed by atoms with Crippen molar-refractivity contribution < 1.29 is 24.2 Å². The molecule has 0 aliphatic carbocycles. The minimum absolute atomic E-state index is 0.00992. The number of methoxy groups -OCH3 is 1. The highest BCUT2D eigenvalue weighted by Gasteiger charge is 2.46. The molecule has 1 N–H and O–H groups in total. The number of para-hydroxylation sites is 1. The quantitative estimate of drug-likeness (QED) is 0.326. The molecule has 1 amide bonds. The van der Waals surface area contributed by atoms with Gasteiger partial charge in [0.1, 0.15) is 17.3 Å². The summed E-state index contributed by atoms with van der Waals surface area (Å²) in [4.78, 5) is 27.7. The molecule has 1 unspecified atom stereocenters. The Morgan fingerprint density at radius 1 is 0.879 bits per heavy atom. The summed E-state index contributed by atoms with van der Waals surface area (Å²) in [5, 5.41) is 11.2. The summed E-state index contributed by atoms with van der Waals surface area (Å²) in [6, 6.07) is 22.1. The number of aliphatic hydroxyl groups is 1. The Morgan fingerprint density at radius 3 is 2.06 bits per heavy atom. The molecule has 0 saturated carbocycles. The van der Waals surface area contributed by atoms with Crippen molar-refractivity contribution in [1.82, 2.24) is 0 Å². The molecular formula is C27H25NO5. The highest BCUT2D eigenvalue weighted by Crippen LogP contribution is 2.42. The van der Waals surface area contributed by atoms with E-state index in [1.807, 2.05) is 19.9 Å². The maximum atomic E-state index is 13.2. The largest absolute Gasteiger partial charge is 0.507 e. The fourth-order valence-electron chi connectivity index (χ4n) is 3.91. The lowest BCUT2D eigenvalue weighted by atomic mass is 9.95. The van der Waals surface area contributed by atoms with Crippen LogP contribution in [0.1, 0.15) is 31.0 Å². The first-order valence-corrected chi connectivity index (χ1v) is 10.7. The van der Waals surface area contributed by atoms with E-state index in [0.717, 1.165) is 0 Å². The minimum atomic E-state index is -0.787. The van der Waals surface area contributed by atoms with Gasteiger partial charge in [0, 0.05) is 11.3 Å². The maximum Gasteiger partial charge on any atom is 0.300 e. The van der Waals surface area contributed by atoms with Crippen molar-refractivity contribution in [3.63, 3.8) is 0 Å². The Kier molecular flexibility index (Phi) is 6.18. The van der Waals surface area contributed by atoms with Crippen molar-refractivity contribution in [2.45, 2.75) is 26.0 Å². The lowest BCUT2D eigenvalue weighted by Gasteiger charge is -2.25. The van der Waals surface area contributed by atoms with Gasteiger partial charge >= 0.3 is 0 Å².